The number of anilines is 1. The lowest BCUT2D eigenvalue weighted by atomic mass is 9.92. The standard InChI is InChI=1S/C15H21N5O/c1-11-6-7-13(9-15(11)20-10-16-18-19-20)17-12-4-3-5-14(8-12)21-2/h6-7,9-10,12,14,17H,3-5,8H2,1-2H3. The van der Waals surface area contributed by atoms with Crippen molar-refractivity contribution in [3.05, 3.63) is 30.1 Å². The number of aryl methyl sites for hydroxylation is 1. The molecule has 1 aromatic carbocycles. The normalized spacial score (nSPS) is 22.2. The molecule has 1 aliphatic carbocycles. The maximum absolute atomic E-state index is 5.49. The van der Waals surface area contributed by atoms with Crippen LogP contribution in [0.15, 0.2) is 24.5 Å². The summed E-state index contributed by atoms with van der Waals surface area (Å²) < 4.78 is 7.18. The zero-order chi connectivity index (χ0) is 14.7. The van der Waals surface area contributed by atoms with E-state index in [0.29, 0.717) is 12.1 Å². The predicted molar refractivity (Wildman–Crippen MR) is 80.6 cm³/mol. The lowest BCUT2D eigenvalue weighted by molar-refractivity contribution is 0.0669. The summed E-state index contributed by atoms with van der Waals surface area (Å²) in [5.74, 6) is 0. The van der Waals surface area contributed by atoms with Gasteiger partial charge in [-0.15, -0.1) is 5.10 Å². The minimum absolute atomic E-state index is 0.376. The summed E-state index contributed by atoms with van der Waals surface area (Å²) in [5.41, 5.74) is 3.25. The lowest BCUT2D eigenvalue weighted by Gasteiger charge is -2.29. The highest BCUT2D eigenvalue weighted by Gasteiger charge is 2.21. The van der Waals surface area contributed by atoms with Crippen LogP contribution in [-0.4, -0.2) is 39.5 Å². The number of hydrogen-bond acceptors (Lipinski definition) is 5. The van der Waals surface area contributed by atoms with Crippen molar-refractivity contribution in [3.8, 4) is 5.69 Å². The van der Waals surface area contributed by atoms with Crippen molar-refractivity contribution in [2.45, 2.75) is 44.8 Å². The van der Waals surface area contributed by atoms with E-state index in [1.807, 2.05) is 0 Å². The Kier molecular flexibility index (Phi) is 4.15. The molecule has 1 saturated carbocycles. The first kappa shape index (κ1) is 14.0. The van der Waals surface area contributed by atoms with Gasteiger partial charge in [0, 0.05) is 18.8 Å². The van der Waals surface area contributed by atoms with E-state index in [1.54, 1.807) is 18.1 Å². The van der Waals surface area contributed by atoms with Crippen LogP contribution in [0.3, 0.4) is 0 Å². The number of aromatic nitrogens is 4. The molecule has 0 bridgehead atoms. The van der Waals surface area contributed by atoms with E-state index in [-0.39, 0.29) is 0 Å². The lowest BCUT2D eigenvalue weighted by Crippen LogP contribution is -2.31. The van der Waals surface area contributed by atoms with Crippen LogP contribution in [0.25, 0.3) is 5.69 Å². The maximum atomic E-state index is 5.49. The Morgan fingerprint density at radius 1 is 1.33 bits per heavy atom. The molecule has 1 fully saturated rings. The Hall–Kier alpha value is -1.95. The van der Waals surface area contributed by atoms with Crippen LogP contribution >= 0.6 is 0 Å². The van der Waals surface area contributed by atoms with E-state index >= 15 is 0 Å². The highest BCUT2D eigenvalue weighted by atomic mass is 16.5. The second-order valence-electron chi connectivity index (χ2n) is 5.62. The van der Waals surface area contributed by atoms with Crippen LogP contribution in [0.4, 0.5) is 5.69 Å². The summed E-state index contributed by atoms with van der Waals surface area (Å²) in [4.78, 5) is 0. The zero-order valence-corrected chi connectivity index (χ0v) is 12.5. The molecule has 3 rings (SSSR count). The fourth-order valence-electron chi connectivity index (χ4n) is 2.94. The van der Waals surface area contributed by atoms with Gasteiger partial charge >= 0.3 is 0 Å². The fraction of sp³-hybridized carbons (Fsp3) is 0.533. The molecule has 6 nitrogen and oxygen atoms in total. The molecule has 0 amide bonds. The highest BCUT2D eigenvalue weighted by Crippen LogP contribution is 2.25. The van der Waals surface area contributed by atoms with Gasteiger partial charge in [-0.25, -0.2) is 4.68 Å². The average Bonchev–Trinajstić information content (AvgIpc) is 3.03. The minimum atomic E-state index is 0.376. The molecule has 6 heteroatoms. The average molecular weight is 287 g/mol. The summed E-state index contributed by atoms with van der Waals surface area (Å²) in [5, 5.41) is 15.0. The highest BCUT2D eigenvalue weighted by molar-refractivity contribution is 5.55. The van der Waals surface area contributed by atoms with Crippen LogP contribution in [0.5, 0.6) is 0 Å². The minimum Gasteiger partial charge on any atom is -0.382 e. The van der Waals surface area contributed by atoms with Gasteiger partial charge in [0.25, 0.3) is 0 Å². The Balaban J connectivity index is 1.75. The molecule has 1 aromatic heterocycles. The number of ether oxygens (including phenoxy) is 1. The van der Waals surface area contributed by atoms with Crippen molar-refractivity contribution in [1.82, 2.24) is 20.2 Å². The second-order valence-corrected chi connectivity index (χ2v) is 5.62. The van der Waals surface area contributed by atoms with E-state index in [4.69, 9.17) is 4.74 Å². The van der Waals surface area contributed by atoms with Crippen LogP contribution in [0, 0.1) is 6.92 Å². The van der Waals surface area contributed by atoms with E-state index < -0.39 is 0 Å². The van der Waals surface area contributed by atoms with E-state index in [1.165, 1.54) is 19.3 Å². The third-order valence-electron chi connectivity index (χ3n) is 4.14. The number of nitrogens with zero attached hydrogens (tertiary/aromatic N) is 4. The molecule has 112 valence electrons. The SMILES string of the molecule is COC1CCCC(Nc2ccc(C)c(-n3cnnn3)c2)C1. The summed E-state index contributed by atoms with van der Waals surface area (Å²) in [6.07, 6.45) is 6.62. The van der Waals surface area contributed by atoms with Gasteiger partial charge in [-0.2, -0.15) is 0 Å². The number of benzene rings is 1. The molecule has 1 N–H and O–H groups in total. The molecule has 2 aromatic rings. The molecular weight excluding hydrogens is 266 g/mol. The van der Waals surface area contributed by atoms with E-state index in [2.05, 4.69) is 46.0 Å². The first-order valence-corrected chi connectivity index (χ1v) is 7.39. The van der Waals surface area contributed by atoms with Gasteiger partial charge in [-0.3, -0.25) is 0 Å². The molecular formula is C15H21N5O. The van der Waals surface area contributed by atoms with Gasteiger partial charge < -0.3 is 10.1 Å². The number of tetrazole rings is 1. The zero-order valence-electron chi connectivity index (χ0n) is 12.5. The van der Waals surface area contributed by atoms with Gasteiger partial charge in [0.15, 0.2) is 0 Å². The van der Waals surface area contributed by atoms with Gasteiger partial charge in [0.05, 0.1) is 11.8 Å². The molecule has 0 aliphatic heterocycles. The molecule has 2 atom stereocenters. The molecule has 1 heterocycles. The van der Waals surface area contributed by atoms with Crippen molar-refractivity contribution in [1.29, 1.82) is 0 Å². The maximum Gasteiger partial charge on any atom is 0.143 e. The van der Waals surface area contributed by atoms with Gasteiger partial charge in [0.1, 0.15) is 6.33 Å². The van der Waals surface area contributed by atoms with Gasteiger partial charge in [-0.05, 0) is 60.7 Å². The van der Waals surface area contributed by atoms with Crippen molar-refractivity contribution >= 4 is 5.69 Å². The Morgan fingerprint density at radius 2 is 2.24 bits per heavy atom. The second kappa shape index (κ2) is 6.22. The molecule has 21 heavy (non-hydrogen) atoms. The monoisotopic (exact) mass is 287 g/mol. The van der Waals surface area contributed by atoms with Crippen LogP contribution < -0.4 is 5.32 Å². The summed E-state index contributed by atoms with van der Waals surface area (Å²) in [7, 11) is 1.80. The fourth-order valence-corrected chi connectivity index (χ4v) is 2.94. The van der Waals surface area contributed by atoms with Crippen molar-refractivity contribution in [3.63, 3.8) is 0 Å². The largest absolute Gasteiger partial charge is 0.382 e. The molecule has 0 radical (unpaired) electrons. The number of hydrogen-bond donors (Lipinski definition) is 1. The first-order valence-electron chi connectivity index (χ1n) is 7.39. The van der Waals surface area contributed by atoms with Crippen molar-refractivity contribution in [2.75, 3.05) is 12.4 Å². The predicted octanol–water partition coefficient (Wildman–Crippen LogP) is 2.34. The van der Waals surface area contributed by atoms with Crippen molar-refractivity contribution in [2.24, 2.45) is 0 Å². The topological polar surface area (TPSA) is 64.9 Å². The smallest absolute Gasteiger partial charge is 0.143 e. The van der Waals surface area contributed by atoms with Gasteiger partial charge in [-0.1, -0.05) is 6.07 Å². The molecule has 0 saturated heterocycles. The van der Waals surface area contributed by atoms with Crippen molar-refractivity contribution < 1.29 is 4.74 Å². The molecule has 1 aliphatic rings. The Labute approximate surface area is 124 Å². The van der Waals surface area contributed by atoms with E-state index in [0.717, 1.165) is 23.4 Å². The van der Waals surface area contributed by atoms with Crippen LogP contribution in [0.2, 0.25) is 0 Å². The summed E-state index contributed by atoms with van der Waals surface area (Å²) >= 11 is 0. The quantitative estimate of drug-likeness (QED) is 0.935. The number of nitrogens with one attached hydrogen (secondary N) is 1. The molecule has 2 unspecified atom stereocenters. The van der Waals surface area contributed by atoms with Crippen LogP contribution in [0.1, 0.15) is 31.2 Å². The third kappa shape index (κ3) is 3.21. The van der Waals surface area contributed by atoms with E-state index in [9.17, 15) is 0 Å². The first-order chi connectivity index (χ1) is 10.3. The van der Waals surface area contributed by atoms with Crippen LogP contribution in [-0.2, 0) is 4.74 Å². The van der Waals surface area contributed by atoms with Gasteiger partial charge in [0.2, 0.25) is 0 Å². The summed E-state index contributed by atoms with van der Waals surface area (Å²) in [6, 6.07) is 6.77. The summed E-state index contributed by atoms with van der Waals surface area (Å²) in [6.45, 7) is 2.06. The molecule has 0 spiro atoms. The third-order valence-corrected chi connectivity index (χ3v) is 4.14. The Bertz CT molecular complexity index is 584. The number of methoxy groups -OCH3 is 1. The number of rotatable bonds is 4. The Morgan fingerprint density at radius 3 is 3.00 bits per heavy atom.